The normalized spacial score (nSPS) is 35.8. The van der Waals surface area contributed by atoms with Crippen LogP contribution in [-0.4, -0.2) is 30.6 Å². The van der Waals surface area contributed by atoms with Crippen LogP contribution in [0.15, 0.2) is 30.3 Å². The van der Waals surface area contributed by atoms with Crippen molar-refractivity contribution in [1.29, 1.82) is 0 Å². The van der Waals surface area contributed by atoms with Gasteiger partial charge in [-0.05, 0) is 31.7 Å². The molecule has 0 bridgehead atoms. The molecule has 26 heavy (non-hydrogen) atoms. The fraction of sp³-hybridized carbons (Fsp3) is 0.591. The number of ether oxygens (including phenoxy) is 1. The van der Waals surface area contributed by atoms with Crippen LogP contribution in [0.25, 0.3) is 0 Å². The lowest BCUT2D eigenvalue weighted by atomic mass is 9.87. The summed E-state index contributed by atoms with van der Waals surface area (Å²) in [5.74, 6) is 3.94. The number of nitrogens with zero attached hydrogens (tertiary/aromatic N) is 1. The number of carbonyl (C=O) groups is 1. The molecule has 0 radical (unpaired) electrons. The molecular formula is C22H29NO2Si. The Hall–Kier alpha value is -1.57. The SMILES string of the molecule is C[C@H]1[C@@H](c2ccccc2)O[C@]23CCC[C@H]2[C@H](CC#C[Si](C)(C)C)C(=O)N13. The maximum Gasteiger partial charge on any atom is 0.229 e. The summed E-state index contributed by atoms with van der Waals surface area (Å²) in [6.07, 6.45) is 3.86. The van der Waals surface area contributed by atoms with Gasteiger partial charge in [-0.1, -0.05) is 50.0 Å². The van der Waals surface area contributed by atoms with Crippen LogP contribution in [0, 0.1) is 23.3 Å². The predicted molar refractivity (Wildman–Crippen MR) is 106 cm³/mol. The second kappa shape index (κ2) is 6.25. The highest BCUT2D eigenvalue weighted by atomic mass is 28.3. The summed E-state index contributed by atoms with van der Waals surface area (Å²) in [5.41, 5.74) is 4.23. The van der Waals surface area contributed by atoms with Crippen LogP contribution >= 0.6 is 0 Å². The van der Waals surface area contributed by atoms with E-state index in [2.05, 4.69) is 67.2 Å². The summed E-state index contributed by atoms with van der Waals surface area (Å²) in [6, 6.07) is 10.4. The van der Waals surface area contributed by atoms with E-state index in [0.717, 1.165) is 19.3 Å². The minimum atomic E-state index is -1.40. The number of benzene rings is 1. The highest BCUT2D eigenvalue weighted by molar-refractivity contribution is 6.83. The van der Waals surface area contributed by atoms with Crippen LogP contribution in [0.5, 0.6) is 0 Å². The van der Waals surface area contributed by atoms with E-state index in [4.69, 9.17) is 4.74 Å². The molecule has 1 aliphatic carbocycles. The minimum absolute atomic E-state index is 0.0144. The molecule has 0 aromatic heterocycles. The molecule has 2 heterocycles. The topological polar surface area (TPSA) is 29.5 Å². The van der Waals surface area contributed by atoms with Gasteiger partial charge in [-0.2, -0.15) is 0 Å². The van der Waals surface area contributed by atoms with Gasteiger partial charge in [0, 0.05) is 12.3 Å². The van der Waals surface area contributed by atoms with Gasteiger partial charge in [0.15, 0.2) is 0 Å². The Morgan fingerprint density at radius 1 is 1.27 bits per heavy atom. The van der Waals surface area contributed by atoms with Crippen molar-refractivity contribution in [3.8, 4) is 11.5 Å². The largest absolute Gasteiger partial charge is 0.345 e. The molecule has 4 heteroatoms. The van der Waals surface area contributed by atoms with Crippen molar-refractivity contribution < 1.29 is 9.53 Å². The quantitative estimate of drug-likeness (QED) is 0.574. The summed E-state index contributed by atoms with van der Waals surface area (Å²) < 4.78 is 6.71. The van der Waals surface area contributed by atoms with Crippen LogP contribution in [0.3, 0.4) is 0 Å². The van der Waals surface area contributed by atoms with Crippen LogP contribution in [0.1, 0.15) is 44.3 Å². The fourth-order valence-electron chi connectivity index (χ4n) is 5.19. The maximum absolute atomic E-state index is 13.3. The van der Waals surface area contributed by atoms with Crippen LogP contribution in [0.2, 0.25) is 19.6 Å². The molecule has 1 spiro atoms. The van der Waals surface area contributed by atoms with Crippen molar-refractivity contribution >= 4 is 14.0 Å². The first-order chi connectivity index (χ1) is 12.3. The zero-order chi connectivity index (χ0) is 18.5. The van der Waals surface area contributed by atoms with Crippen LogP contribution in [0.4, 0.5) is 0 Å². The Morgan fingerprint density at radius 3 is 2.69 bits per heavy atom. The molecular weight excluding hydrogens is 338 g/mol. The Balaban J connectivity index is 1.62. The average molecular weight is 368 g/mol. The molecule has 5 atom stereocenters. The number of amides is 1. The fourth-order valence-corrected chi connectivity index (χ4v) is 5.82. The number of hydrogen-bond donors (Lipinski definition) is 0. The van der Waals surface area contributed by atoms with Gasteiger partial charge in [-0.3, -0.25) is 4.79 Å². The number of rotatable bonds is 2. The lowest BCUT2D eigenvalue weighted by Crippen LogP contribution is -2.45. The van der Waals surface area contributed by atoms with Gasteiger partial charge in [0.25, 0.3) is 0 Å². The van der Waals surface area contributed by atoms with Gasteiger partial charge in [-0.15, -0.1) is 11.5 Å². The second-order valence-corrected chi connectivity index (χ2v) is 13.9. The summed E-state index contributed by atoms with van der Waals surface area (Å²) in [4.78, 5) is 15.4. The first-order valence-corrected chi connectivity index (χ1v) is 13.4. The Kier molecular flexibility index (Phi) is 4.28. The molecule has 138 valence electrons. The van der Waals surface area contributed by atoms with E-state index in [1.165, 1.54) is 5.56 Å². The van der Waals surface area contributed by atoms with E-state index >= 15 is 0 Å². The zero-order valence-corrected chi connectivity index (χ0v) is 17.3. The molecule has 1 aromatic carbocycles. The van der Waals surface area contributed by atoms with E-state index in [1.54, 1.807) is 0 Å². The van der Waals surface area contributed by atoms with Gasteiger partial charge in [0.2, 0.25) is 5.91 Å². The molecule has 2 saturated heterocycles. The van der Waals surface area contributed by atoms with Crippen LogP contribution < -0.4 is 0 Å². The van der Waals surface area contributed by atoms with Gasteiger partial charge in [-0.25, -0.2) is 0 Å². The Bertz CT molecular complexity index is 760. The molecule has 1 aromatic rings. The molecule has 1 saturated carbocycles. The van der Waals surface area contributed by atoms with Gasteiger partial charge in [0.05, 0.1) is 12.0 Å². The lowest BCUT2D eigenvalue weighted by Gasteiger charge is -2.31. The van der Waals surface area contributed by atoms with E-state index in [9.17, 15) is 4.79 Å². The van der Waals surface area contributed by atoms with Crippen molar-refractivity contribution in [2.75, 3.05) is 0 Å². The molecule has 1 amide bonds. The van der Waals surface area contributed by atoms with Crippen LogP contribution in [-0.2, 0) is 9.53 Å². The average Bonchev–Trinajstić information content (AvgIpc) is 3.18. The third-order valence-electron chi connectivity index (χ3n) is 6.17. The maximum atomic E-state index is 13.3. The molecule has 3 fully saturated rings. The van der Waals surface area contributed by atoms with Crippen molar-refractivity contribution in [3.05, 3.63) is 35.9 Å². The highest BCUT2D eigenvalue weighted by Gasteiger charge is 2.67. The Labute approximate surface area is 158 Å². The van der Waals surface area contributed by atoms with Crippen molar-refractivity contribution in [2.45, 2.75) is 70.1 Å². The summed E-state index contributed by atoms with van der Waals surface area (Å²) in [5, 5.41) is 0. The third-order valence-corrected chi connectivity index (χ3v) is 7.09. The number of hydrogen-bond acceptors (Lipinski definition) is 2. The molecule has 4 rings (SSSR count). The van der Waals surface area contributed by atoms with E-state index in [1.807, 2.05) is 6.07 Å². The predicted octanol–water partition coefficient (Wildman–Crippen LogP) is 4.37. The first kappa shape index (κ1) is 17.8. The smallest absolute Gasteiger partial charge is 0.229 e. The van der Waals surface area contributed by atoms with Crippen molar-refractivity contribution in [1.82, 2.24) is 4.90 Å². The molecule has 0 unspecified atom stereocenters. The summed E-state index contributed by atoms with van der Waals surface area (Å²) in [7, 11) is -1.40. The van der Waals surface area contributed by atoms with Gasteiger partial charge < -0.3 is 9.64 Å². The molecule has 3 aliphatic rings. The monoisotopic (exact) mass is 367 g/mol. The molecule has 3 nitrogen and oxygen atoms in total. The molecule has 0 N–H and O–H groups in total. The lowest BCUT2D eigenvalue weighted by molar-refractivity contribution is -0.141. The van der Waals surface area contributed by atoms with Gasteiger partial charge >= 0.3 is 0 Å². The minimum Gasteiger partial charge on any atom is -0.345 e. The third kappa shape index (κ3) is 2.73. The van der Waals surface area contributed by atoms with Crippen molar-refractivity contribution in [2.24, 2.45) is 11.8 Å². The van der Waals surface area contributed by atoms with E-state index < -0.39 is 8.07 Å². The zero-order valence-electron chi connectivity index (χ0n) is 16.3. The standard InChI is InChI=1S/C22H29NO2Si/c1-16-20(17-10-6-5-7-11-17)25-22-14-8-13-19(22)18(21(24)23(16)22)12-9-15-26(2,3)4/h5-7,10-11,16,18-20H,8,12-14H2,1-4H3/t16-,18-,19-,20-,22+/m0/s1. The second-order valence-electron chi connectivity index (χ2n) is 9.10. The number of carbonyl (C=O) groups excluding carboxylic acids is 1. The highest BCUT2D eigenvalue weighted by Crippen LogP contribution is 2.59. The van der Waals surface area contributed by atoms with E-state index in [-0.39, 0.29) is 29.7 Å². The molecule has 2 aliphatic heterocycles. The Morgan fingerprint density at radius 2 is 2.00 bits per heavy atom. The first-order valence-electron chi connectivity index (χ1n) is 9.89. The summed E-state index contributed by atoms with van der Waals surface area (Å²) in [6.45, 7) is 8.90. The summed E-state index contributed by atoms with van der Waals surface area (Å²) >= 11 is 0. The van der Waals surface area contributed by atoms with E-state index in [0.29, 0.717) is 12.3 Å². The van der Waals surface area contributed by atoms with Crippen molar-refractivity contribution in [3.63, 3.8) is 0 Å². The van der Waals surface area contributed by atoms with Gasteiger partial charge in [0.1, 0.15) is 19.9 Å².